The molecule has 144 valence electrons. The van der Waals surface area contributed by atoms with Gasteiger partial charge in [0.05, 0.1) is 16.5 Å². The number of aromatic nitrogens is 2. The smallest absolute Gasteiger partial charge is 0.287 e. The molecule has 2 N–H and O–H groups in total. The highest BCUT2D eigenvalue weighted by atomic mass is 79.9. The highest BCUT2D eigenvalue weighted by Crippen LogP contribution is 2.17. The van der Waals surface area contributed by atoms with E-state index in [2.05, 4.69) is 31.2 Å². The van der Waals surface area contributed by atoms with Gasteiger partial charge in [-0.3, -0.25) is 14.4 Å². The van der Waals surface area contributed by atoms with E-state index >= 15 is 0 Å². The summed E-state index contributed by atoms with van der Waals surface area (Å²) < 4.78 is 0.742. The molecule has 0 saturated heterocycles. The van der Waals surface area contributed by atoms with Crippen molar-refractivity contribution in [3.8, 4) is 0 Å². The Kier molecular flexibility index (Phi) is 6.20. The Bertz CT molecular complexity index is 1080. The number of aromatic amines is 1. The zero-order valence-corrected chi connectivity index (χ0v) is 16.8. The predicted octanol–water partition coefficient (Wildman–Crippen LogP) is 2.58. The van der Waals surface area contributed by atoms with Crippen LogP contribution in [0.2, 0.25) is 0 Å². The second-order valence-electron chi connectivity index (χ2n) is 6.25. The second kappa shape index (κ2) is 8.79. The first-order valence-corrected chi connectivity index (χ1v) is 9.54. The van der Waals surface area contributed by atoms with Gasteiger partial charge in [-0.25, -0.2) is 4.98 Å². The minimum absolute atomic E-state index is 0.0265. The Morgan fingerprint density at radius 1 is 1.14 bits per heavy atom. The normalized spacial score (nSPS) is 10.6. The molecule has 2 amide bonds. The van der Waals surface area contributed by atoms with Crippen molar-refractivity contribution in [2.45, 2.75) is 6.42 Å². The average molecular weight is 443 g/mol. The molecule has 0 spiro atoms. The van der Waals surface area contributed by atoms with Gasteiger partial charge in [0.15, 0.2) is 5.82 Å². The number of fused-ring (bicyclic) bond motifs is 1. The zero-order valence-electron chi connectivity index (χ0n) is 15.2. The van der Waals surface area contributed by atoms with Crippen molar-refractivity contribution >= 4 is 38.6 Å². The van der Waals surface area contributed by atoms with Gasteiger partial charge in [0.2, 0.25) is 0 Å². The molecular weight excluding hydrogens is 424 g/mol. The fourth-order valence-electron chi connectivity index (χ4n) is 2.74. The zero-order chi connectivity index (χ0) is 20.1. The molecule has 0 saturated carbocycles. The quantitative estimate of drug-likeness (QED) is 0.573. The van der Waals surface area contributed by atoms with Gasteiger partial charge in [-0.05, 0) is 46.6 Å². The molecule has 28 heavy (non-hydrogen) atoms. The molecule has 0 unspecified atom stereocenters. The van der Waals surface area contributed by atoms with Gasteiger partial charge in [0.25, 0.3) is 17.4 Å². The van der Waals surface area contributed by atoms with Gasteiger partial charge in [-0.1, -0.05) is 24.3 Å². The summed E-state index contributed by atoms with van der Waals surface area (Å²) in [7, 11) is 1.71. The molecule has 0 aliphatic heterocycles. The third-order valence-corrected chi connectivity index (χ3v) is 4.93. The number of rotatable bonds is 6. The summed E-state index contributed by atoms with van der Waals surface area (Å²) in [6.45, 7) is 0.824. The maximum Gasteiger partial charge on any atom is 0.287 e. The van der Waals surface area contributed by atoms with Crippen LogP contribution in [0, 0.1) is 0 Å². The fraction of sp³-hybridized carbons (Fsp3) is 0.200. The van der Waals surface area contributed by atoms with E-state index < -0.39 is 5.91 Å². The summed E-state index contributed by atoms with van der Waals surface area (Å²) in [4.78, 5) is 45.0. The molecule has 0 radical (unpaired) electrons. The Labute approximate surface area is 169 Å². The number of nitrogens with zero attached hydrogens (tertiary/aromatic N) is 2. The Morgan fingerprint density at radius 2 is 1.86 bits per heavy atom. The molecule has 2 aromatic carbocycles. The lowest BCUT2D eigenvalue weighted by molar-refractivity contribution is 0.0792. The van der Waals surface area contributed by atoms with Crippen LogP contribution in [0.15, 0.2) is 57.8 Å². The summed E-state index contributed by atoms with van der Waals surface area (Å²) in [5, 5.41) is 3.15. The standard InChI is InChI=1S/C20H19BrN4O3/c1-25(20(28)13-7-2-4-9-15(13)21)12-6-11-22-19(27)17-23-16-10-5-3-8-14(16)18(26)24-17/h2-5,7-10H,6,11-12H2,1H3,(H,22,27)(H,23,24,26). The minimum atomic E-state index is -0.456. The lowest BCUT2D eigenvalue weighted by Gasteiger charge is -2.18. The Hall–Kier alpha value is -3.00. The number of amides is 2. The first kappa shape index (κ1) is 19.8. The number of H-pyrrole nitrogens is 1. The Balaban J connectivity index is 1.54. The molecule has 0 bridgehead atoms. The van der Waals surface area contributed by atoms with Crippen molar-refractivity contribution in [1.29, 1.82) is 0 Å². The van der Waals surface area contributed by atoms with E-state index in [0.717, 1.165) is 4.47 Å². The second-order valence-corrected chi connectivity index (χ2v) is 7.10. The third kappa shape index (κ3) is 4.45. The topological polar surface area (TPSA) is 95.2 Å². The minimum Gasteiger partial charge on any atom is -0.349 e. The van der Waals surface area contributed by atoms with Gasteiger partial charge in [-0.15, -0.1) is 0 Å². The maximum absolute atomic E-state index is 12.4. The van der Waals surface area contributed by atoms with E-state index in [1.165, 1.54) is 0 Å². The van der Waals surface area contributed by atoms with E-state index in [0.29, 0.717) is 36.0 Å². The summed E-state index contributed by atoms with van der Waals surface area (Å²) in [5.74, 6) is -0.580. The van der Waals surface area contributed by atoms with Crippen LogP contribution in [0.1, 0.15) is 27.4 Å². The molecule has 0 aliphatic rings. The molecule has 3 aromatic rings. The van der Waals surface area contributed by atoms with Crippen molar-refractivity contribution in [2.24, 2.45) is 0 Å². The van der Waals surface area contributed by atoms with Gasteiger partial charge >= 0.3 is 0 Å². The van der Waals surface area contributed by atoms with E-state index in [-0.39, 0.29) is 17.3 Å². The van der Waals surface area contributed by atoms with Crippen LogP contribution in [-0.4, -0.2) is 46.8 Å². The van der Waals surface area contributed by atoms with Crippen LogP contribution in [-0.2, 0) is 0 Å². The fourth-order valence-corrected chi connectivity index (χ4v) is 3.19. The van der Waals surface area contributed by atoms with Crippen molar-refractivity contribution in [2.75, 3.05) is 20.1 Å². The van der Waals surface area contributed by atoms with Crippen LogP contribution >= 0.6 is 15.9 Å². The molecule has 8 heteroatoms. The third-order valence-electron chi connectivity index (χ3n) is 4.23. The molecule has 0 atom stereocenters. The first-order chi connectivity index (χ1) is 13.5. The molecule has 3 rings (SSSR count). The molecule has 1 aromatic heterocycles. The number of halogens is 1. The molecule has 0 aliphatic carbocycles. The van der Waals surface area contributed by atoms with Gasteiger partial charge in [0.1, 0.15) is 0 Å². The monoisotopic (exact) mass is 442 g/mol. The number of hydrogen-bond acceptors (Lipinski definition) is 4. The van der Waals surface area contributed by atoms with Crippen LogP contribution in [0.4, 0.5) is 0 Å². The van der Waals surface area contributed by atoms with Gasteiger partial charge < -0.3 is 15.2 Å². The number of benzene rings is 2. The lowest BCUT2D eigenvalue weighted by atomic mass is 10.2. The summed E-state index contributed by atoms with van der Waals surface area (Å²) >= 11 is 3.37. The number of hydrogen-bond donors (Lipinski definition) is 2. The van der Waals surface area contributed by atoms with E-state index in [9.17, 15) is 14.4 Å². The molecular formula is C20H19BrN4O3. The highest BCUT2D eigenvalue weighted by Gasteiger charge is 2.15. The number of carbonyl (C=O) groups excluding carboxylic acids is 2. The van der Waals surface area contributed by atoms with Crippen molar-refractivity contribution in [3.05, 3.63) is 74.7 Å². The van der Waals surface area contributed by atoms with Crippen molar-refractivity contribution < 1.29 is 9.59 Å². The van der Waals surface area contributed by atoms with Crippen molar-refractivity contribution in [1.82, 2.24) is 20.2 Å². The van der Waals surface area contributed by atoms with E-state index in [1.54, 1.807) is 42.3 Å². The summed E-state index contributed by atoms with van der Waals surface area (Å²) in [6, 6.07) is 14.1. The molecule has 1 heterocycles. The lowest BCUT2D eigenvalue weighted by Crippen LogP contribution is -2.33. The first-order valence-electron chi connectivity index (χ1n) is 8.74. The van der Waals surface area contributed by atoms with E-state index in [1.807, 2.05) is 18.2 Å². The number of para-hydroxylation sites is 1. The highest BCUT2D eigenvalue weighted by molar-refractivity contribution is 9.10. The average Bonchev–Trinajstić information content (AvgIpc) is 2.70. The van der Waals surface area contributed by atoms with Gasteiger partial charge in [-0.2, -0.15) is 0 Å². The number of carbonyl (C=O) groups is 2. The van der Waals surface area contributed by atoms with Crippen molar-refractivity contribution in [3.63, 3.8) is 0 Å². The van der Waals surface area contributed by atoms with Crippen LogP contribution in [0.5, 0.6) is 0 Å². The summed E-state index contributed by atoms with van der Waals surface area (Å²) in [6.07, 6.45) is 0.566. The SMILES string of the molecule is CN(CCCNC(=O)c1nc2ccccc2c(=O)[nH]1)C(=O)c1ccccc1Br. The van der Waals surface area contributed by atoms with Crippen LogP contribution in [0.25, 0.3) is 10.9 Å². The maximum atomic E-state index is 12.4. The van der Waals surface area contributed by atoms with E-state index in [4.69, 9.17) is 0 Å². The number of nitrogens with one attached hydrogen (secondary N) is 2. The molecule has 7 nitrogen and oxygen atoms in total. The molecule has 0 fully saturated rings. The van der Waals surface area contributed by atoms with Gasteiger partial charge in [0, 0.05) is 24.6 Å². The summed E-state index contributed by atoms with van der Waals surface area (Å²) in [5.41, 5.74) is 0.705. The van der Waals surface area contributed by atoms with Crippen LogP contribution < -0.4 is 10.9 Å². The Morgan fingerprint density at radius 3 is 2.64 bits per heavy atom. The largest absolute Gasteiger partial charge is 0.349 e. The predicted molar refractivity (Wildman–Crippen MR) is 110 cm³/mol. The van der Waals surface area contributed by atoms with Crippen LogP contribution in [0.3, 0.4) is 0 Å².